The van der Waals surface area contributed by atoms with Gasteiger partial charge in [-0.05, 0) is 37.3 Å². The van der Waals surface area contributed by atoms with Gasteiger partial charge in [-0.1, -0.05) is 11.6 Å². The highest BCUT2D eigenvalue weighted by Gasteiger charge is 2.20. The Morgan fingerprint density at radius 3 is 2.12 bits per heavy atom. The summed E-state index contributed by atoms with van der Waals surface area (Å²) in [7, 11) is 6.49. The highest BCUT2D eigenvalue weighted by Crippen LogP contribution is 2.39. The summed E-state index contributed by atoms with van der Waals surface area (Å²) >= 11 is 0. The summed E-state index contributed by atoms with van der Waals surface area (Å²) in [4.78, 5) is 13.1. The van der Waals surface area contributed by atoms with Gasteiger partial charge in [0, 0.05) is 23.5 Å². The monoisotopic (exact) mass is 339 g/mol. The van der Waals surface area contributed by atoms with Crippen LogP contribution in [-0.4, -0.2) is 31.7 Å². The third kappa shape index (κ3) is 2.82. The van der Waals surface area contributed by atoms with Gasteiger partial charge >= 0.3 is 0 Å². The van der Waals surface area contributed by atoms with Gasteiger partial charge in [-0.3, -0.25) is 4.79 Å². The molecule has 1 aromatic heterocycles. The zero-order valence-corrected chi connectivity index (χ0v) is 15.0. The van der Waals surface area contributed by atoms with Crippen LogP contribution in [0.3, 0.4) is 0 Å². The van der Waals surface area contributed by atoms with E-state index in [2.05, 4.69) is 6.07 Å². The second-order valence-electron chi connectivity index (χ2n) is 5.89. The van der Waals surface area contributed by atoms with E-state index in [1.165, 1.54) is 21.3 Å². The molecule has 0 saturated heterocycles. The Labute approximate surface area is 146 Å². The summed E-state index contributed by atoms with van der Waals surface area (Å²) in [5, 5.41) is 1.04. The molecular weight excluding hydrogens is 318 g/mol. The molecule has 0 saturated carbocycles. The third-order valence-electron chi connectivity index (χ3n) is 4.36. The van der Waals surface area contributed by atoms with E-state index in [0.717, 1.165) is 16.5 Å². The van der Waals surface area contributed by atoms with Crippen molar-refractivity contribution in [2.24, 2.45) is 7.05 Å². The molecule has 1 heterocycles. The van der Waals surface area contributed by atoms with E-state index in [9.17, 15) is 4.79 Å². The second kappa shape index (κ2) is 6.51. The lowest BCUT2D eigenvalue weighted by molar-refractivity contribution is 0.103. The van der Waals surface area contributed by atoms with Crippen molar-refractivity contribution in [2.45, 2.75) is 6.92 Å². The van der Waals surface area contributed by atoms with Crippen molar-refractivity contribution < 1.29 is 19.0 Å². The Morgan fingerprint density at radius 1 is 0.920 bits per heavy atom. The minimum Gasteiger partial charge on any atom is -0.493 e. The number of ether oxygens (including phenoxy) is 3. The number of hydrogen-bond donors (Lipinski definition) is 0. The fourth-order valence-electron chi connectivity index (χ4n) is 3.05. The van der Waals surface area contributed by atoms with E-state index in [1.54, 1.807) is 12.1 Å². The van der Waals surface area contributed by atoms with Crippen LogP contribution in [0.1, 0.15) is 21.6 Å². The maximum Gasteiger partial charge on any atom is 0.209 e. The lowest BCUT2D eigenvalue weighted by Gasteiger charge is -2.14. The molecule has 0 aliphatic heterocycles. The van der Waals surface area contributed by atoms with E-state index in [1.807, 2.05) is 36.7 Å². The van der Waals surface area contributed by atoms with Gasteiger partial charge in [-0.25, -0.2) is 0 Å². The number of aryl methyl sites for hydroxylation is 2. The number of rotatable bonds is 5. The van der Waals surface area contributed by atoms with E-state index in [0.29, 0.717) is 28.5 Å². The number of fused-ring (bicyclic) bond motifs is 1. The van der Waals surface area contributed by atoms with E-state index in [4.69, 9.17) is 14.2 Å². The average Bonchev–Trinajstić information content (AvgIpc) is 2.95. The van der Waals surface area contributed by atoms with E-state index in [-0.39, 0.29) is 5.78 Å². The van der Waals surface area contributed by atoms with Gasteiger partial charge in [0.15, 0.2) is 11.5 Å². The van der Waals surface area contributed by atoms with Crippen LogP contribution in [0.2, 0.25) is 0 Å². The predicted molar refractivity (Wildman–Crippen MR) is 97.2 cm³/mol. The number of carbonyl (C=O) groups is 1. The minimum atomic E-state index is -0.101. The number of methoxy groups -OCH3 is 3. The Morgan fingerprint density at radius 2 is 1.56 bits per heavy atom. The van der Waals surface area contributed by atoms with E-state index < -0.39 is 0 Å². The first kappa shape index (κ1) is 16.9. The summed E-state index contributed by atoms with van der Waals surface area (Å²) in [6, 6.07) is 11.4. The largest absolute Gasteiger partial charge is 0.493 e. The number of nitrogens with zero attached hydrogens (tertiary/aromatic N) is 1. The van der Waals surface area contributed by atoms with Crippen molar-refractivity contribution in [2.75, 3.05) is 21.3 Å². The minimum absolute atomic E-state index is 0.101. The molecule has 0 fully saturated rings. The Kier molecular flexibility index (Phi) is 4.40. The van der Waals surface area contributed by atoms with Crippen LogP contribution in [0.15, 0.2) is 36.4 Å². The lowest BCUT2D eigenvalue weighted by Crippen LogP contribution is -2.08. The van der Waals surface area contributed by atoms with Gasteiger partial charge < -0.3 is 18.8 Å². The van der Waals surface area contributed by atoms with Crippen LogP contribution in [-0.2, 0) is 7.05 Å². The first-order valence-corrected chi connectivity index (χ1v) is 7.91. The van der Waals surface area contributed by atoms with Crippen LogP contribution in [0.5, 0.6) is 17.2 Å². The van der Waals surface area contributed by atoms with Crippen LogP contribution >= 0.6 is 0 Å². The Hall–Kier alpha value is -2.95. The molecule has 25 heavy (non-hydrogen) atoms. The highest BCUT2D eigenvalue weighted by molar-refractivity contribution is 6.11. The molecule has 0 radical (unpaired) electrons. The quantitative estimate of drug-likeness (QED) is 0.665. The maximum absolute atomic E-state index is 13.1. The van der Waals surface area contributed by atoms with Gasteiger partial charge in [0.25, 0.3) is 0 Å². The molecule has 0 spiro atoms. The fourth-order valence-corrected chi connectivity index (χ4v) is 3.05. The van der Waals surface area contributed by atoms with E-state index >= 15 is 0 Å². The van der Waals surface area contributed by atoms with Gasteiger partial charge in [-0.2, -0.15) is 0 Å². The molecule has 0 atom stereocenters. The summed E-state index contributed by atoms with van der Waals surface area (Å²) in [6.45, 7) is 2.03. The molecule has 2 aromatic carbocycles. The molecule has 0 bridgehead atoms. The molecule has 0 aliphatic rings. The molecule has 5 heteroatoms. The smallest absolute Gasteiger partial charge is 0.209 e. The maximum atomic E-state index is 13.1. The summed E-state index contributed by atoms with van der Waals surface area (Å²) < 4.78 is 17.9. The lowest BCUT2D eigenvalue weighted by atomic mass is 10.1. The molecular formula is C20H21NO4. The molecule has 0 amide bonds. The summed E-state index contributed by atoms with van der Waals surface area (Å²) in [5.41, 5.74) is 3.26. The predicted octanol–water partition coefficient (Wildman–Crippen LogP) is 3.74. The van der Waals surface area contributed by atoms with Gasteiger partial charge in [-0.15, -0.1) is 0 Å². The molecule has 3 rings (SSSR count). The topological polar surface area (TPSA) is 49.7 Å². The number of aromatic nitrogens is 1. The van der Waals surface area contributed by atoms with Crippen molar-refractivity contribution in [1.29, 1.82) is 0 Å². The summed E-state index contributed by atoms with van der Waals surface area (Å²) in [6.07, 6.45) is 0. The normalized spacial score (nSPS) is 10.8. The van der Waals surface area contributed by atoms with Crippen LogP contribution in [0.25, 0.3) is 10.9 Å². The first-order valence-electron chi connectivity index (χ1n) is 7.91. The van der Waals surface area contributed by atoms with Crippen molar-refractivity contribution in [3.8, 4) is 17.2 Å². The Balaban J connectivity index is 2.14. The SMILES string of the molecule is COc1cc(C(=O)c2cc3cc(C)ccc3n2C)cc(OC)c1OC. The molecule has 0 aliphatic carbocycles. The number of benzene rings is 2. The third-order valence-corrected chi connectivity index (χ3v) is 4.36. The highest BCUT2D eigenvalue weighted by atomic mass is 16.5. The number of ketones is 1. The van der Waals surface area contributed by atoms with Crippen molar-refractivity contribution in [3.63, 3.8) is 0 Å². The molecule has 0 unspecified atom stereocenters. The van der Waals surface area contributed by atoms with Gasteiger partial charge in [0.2, 0.25) is 11.5 Å². The fraction of sp³-hybridized carbons (Fsp3) is 0.250. The van der Waals surface area contributed by atoms with Crippen molar-refractivity contribution in [1.82, 2.24) is 4.57 Å². The van der Waals surface area contributed by atoms with Crippen molar-refractivity contribution >= 4 is 16.7 Å². The molecule has 130 valence electrons. The van der Waals surface area contributed by atoms with Crippen LogP contribution in [0.4, 0.5) is 0 Å². The zero-order chi connectivity index (χ0) is 18.1. The second-order valence-corrected chi connectivity index (χ2v) is 5.89. The van der Waals surface area contributed by atoms with Gasteiger partial charge in [0.05, 0.1) is 27.0 Å². The molecule has 3 aromatic rings. The summed E-state index contributed by atoms with van der Waals surface area (Å²) in [5.74, 6) is 1.28. The van der Waals surface area contributed by atoms with Gasteiger partial charge in [0.1, 0.15) is 0 Å². The average molecular weight is 339 g/mol. The molecule has 0 N–H and O–H groups in total. The number of carbonyl (C=O) groups excluding carboxylic acids is 1. The van der Waals surface area contributed by atoms with Crippen LogP contribution in [0, 0.1) is 6.92 Å². The standard InChI is InChI=1S/C20H21NO4/c1-12-6-7-15-13(8-12)9-16(21(15)2)19(22)14-10-17(23-3)20(25-5)18(11-14)24-4/h6-11H,1-5H3. The number of hydrogen-bond acceptors (Lipinski definition) is 4. The molecule has 5 nitrogen and oxygen atoms in total. The Bertz CT molecular complexity index is 931. The first-order chi connectivity index (χ1) is 12.0. The zero-order valence-electron chi connectivity index (χ0n) is 15.0. The van der Waals surface area contributed by atoms with Crippen LogP contribution < -0.4 is 14.2 Å². The van der Waals surface area contributed by atoms with Crippen molar-refractivity contribution in [3.05, 3.63) is 53.2 Å².